The molecule has 0 spiro atoms. The van der Waals surface area contributed by atoms with Gasteiger partial charge in [0.1, 0.15) is 0 Å². The zero-order valence-electron chi connectivity index (χ0n) is 10.8. The van der Waals surface area contributed by atoms with E-state index in [-0.39, 0.29) is 5.97 Å². The summed E-state index contributed by atoms with van der Waals surface area (Å²) in [5, 5.41) is 0. The van der Waals surface area contributed by atoms with Crippen LogP contribution in [0, 0.1) is 0 Å². The van der Waals surface area contributed by atoms with Crippen LogP contribution in [-0.2, 0) is 9.53 Å². The first-order chi connectivity index (χ1) is 7.81. The zero-order chi connectivity index (χ0) is 12.1. The summed E-state index contributed by atoms with van der Waals surface area (Å²) in [6.45, 7) is 4.57. The Morgan fingerprint density at radius 1 is 1.00 bits per heavy atom. The monoisotopic (exact) mass is 226 g/mol. The third kappa shape index (κ3) is 11.3. The van der Waals surface area contributed by atoms with E-state index in [0.717, 1.165) is 12.8 Å². The summed E-state index contributed by atoms with van der Waals surface area (Å²) in [6.07, 6.45) is 13.4. The van der Waals surface area contributed by atoms with E-state index in [9.17, 15) is 4.79 Å². The van der Waals surface area contributed by atoms with Crippen molar-refractivity contribution in [3.8, 4) is 0 Å². The second-order valence-electron chi connectivity index (χ2n) is 4.04. The van der Waals surface area contributed by atoms with Crippen molar-refractivity contribution < 1.29 is 9.53 Å². The van der Waals surface area contributed by atoms with Crippen molar-refractivity contribution in [2.24, 2.45) is 0 Å². The van der Waals surface area contributed by atoms with E-state index in [1.165, 1.54) is 32.1 Å². The van der Waals surface area contributed by atoms with Gasteiger partial charge in [-0.3, -0.25) is 4.79 Å². The van der Waals surface area contributed by atoms with Gasteiger partial charge in [0.25, 0.3) is 0 Å². The average Bonchev–Trinajstić information content (AvgIpc) is 2.31. The van der Waals surface area contributed by atoms with Crippen LogP contribution in [0.15, 0.2) is 12.2 Å². The van der Waals surface area contributed by atoms with E-state index in [0.29, 0.717) is 13.0 Å². The number of unbranched alkanes of at least 4 members (excludes halogenated alkanes) is 5. The summed E-state index contributed by atoms with van der Waals surface area (Å²) in [5.41, 5.74) is 0. The molecule has 0 fully saturated rings. The number of allylic oxidation sites excluding steroid dienone is 1. The van der Waals surface area contributed by atoms with Gasteiger partial charge in [0, 0.05) is 6.42 Å². The first-order valence-electron chi connectivity index (χ1n) is 6.61. The van der Waals surface area contributed by atoms with Gasteiger partial charge < -0.3 is 4.74 Å². The van der Waals surface area contributed by atoms with E-state index >= 15 is 0 Å². The van der Waals surface area contributed by atoms with Gasteiger partial charge in [0.15, 0.2) is 0 Å². The van der Waals surface area contributed by atoms with E-state index in [1.54, 1.807) is 0 Å². The highest BCUT2D eigenvalue weighted by molar-refractivity contribution is 5.68. The van der Waals surface area contributed by atoms with Gasteiger partial charge in [-0.05, 0) is 19.3 Å². The van der Waals surface area contributed by atoms with Crippen molar-refractivity contribution in [1.29, 1.82) is 0 Å². The highest BCUT2D eigenvalue weighted by Gasteiger charge is 1.94. The van der Waals surface area contributed by atoms with Crippen LogP contribution in [0.1, 0.15) is 65.2 Å². The second kappa shape index (κ2) is 12.3. The minimum Gasteiger partial charge on any atom is -0.465 e. The van der Waals surface area contributed by atoms with Crippen LogP contribution in [0.25, 0.3) is 0 Å². The fourth-order valence-electron chi connectivity index (χ4n) is 1.44. The largest absolute Gasteiger partial charge is 0.465 e. The Labute approximate surface area is 100 Å². The molecular weight excluding hydrogens is 200 g/mol. The summed E-state index contributed by atoms with van der Waals surface area (Å²) in [7, 11) is 0. The highest BCUT2D eigenvalue weighted by Crippen LogP contribution is 2.05. The zero-order valence-corrected chi connectivity index (χ0v) is 10.8. The molecule has 0 saturated heterocycles. The third-order valence-corrected chi connectivity index (χ3v) is 2.48. The standard InChI is InChI=1S/C14H26O2/c1-3-5-6-7-8-9-10-11-12-13-16-14(15)4-2/h10-11H,3-9,12-13H2,1-2H3/b11-10+. The number of ether oxygens (including phenoxy) is 1. The number of esters is 1. The Morgan fingerprint density at radius 3 is 2.38 bits per heavy atom. The summed E-state index contributed by atoms with van der Waals surface area (Å²) in [6, 6.07) is 0. The van der Waals surface area contributed by atoms with Gasteiger partial charge in [-0.2, -0.15) is 0 Å². The summed E-state index contributed by atoms with van der Waals surface area (Å²) < 4.78 is 4.96. The van der Waals surface area contributed by atoms with Crippen LogP contribution in [-0.4, -0.2) is 12.6 Å². The van der Waals surface area contributed by atoms with Gasteiger partial charge >= 0.3 is 5.97 Å². The molecule has 94 valence electrons. The third-order valence-electron chi connectivity index (χ3n) is 2.48. The number of rotatable bonds is 10. The molecule has 0 amide bonds. The molecular formula is C14H26O2. The molecule has 0 aliphatic heterocycles. The molecule has 16 heavy (non-hydrogen) atoms. The summed E-state index contributed by atoms with van der Waals surface area (Å²) >= 11 is 0. The molecule has 0 rings (SSSR count). The SMILES string of the molecule is CCCCCCC/C=C/CCOC(=O)CC. The van der Waals surface area contributed by atoms with Crippen LogP contribution < -0.4 is 0 Å². The Bertz CT molecular complexity index is 185. The van der Waals surface area contributed by atoms with E-state index in [1.807, 2.05) is 6.92 Å². The van der Waals surface area contributed by atoms with Crippen molar-refractivity contribution in [3.05, 3.63) is 12.2 Å². The fourth-order valence-corrected chi connectivity index (χ4v) is 1.44. The molecule has 0 saturated carbocycles. The summed E-state index contributed by atoms with van der Waals surface area (Å²) in [4.78, 5) is 10.8. The smallest absolute Gasteiger partial charge is 0.305 e. The Hall–Kier alpha value is -0.790. The lowest BCUT2D eigenvalue weighted by Crippen LogP contribution is -2.02. The molecule has 0 radical (unpaired) electrons. The van der Waals surface area contributed by atoms with Crippen LogP contribution in [0.3, 0.4) is 0 Å². The fraction of sp³-hybridized carbons (Fsp3) is 0.786. The molecule has 0 aromatic carbocycles. The van der Waals surface area contributed by atoms with E-state index in [2.05, 4.69) is 19.1 Å². The highest BCUT2D eigenvalue weighted by atomic mass is 16.5. The molecule has 2 heteroatoms. The van der Waals surface area contributed by atoms with Gasteiger partial charge in [0.05, 0.1) is 6.61 Å². The van der Waals surface area contributed by atoms with Crippen molar-refractivity contribution >= 4 is 5.97 Å². The maximum absolute atomic E-state index is 10.8. The number of hydrogen-bond acceptors (Lipinski definition) is 2. The molecule has 0 N–H and O–H groups in total. The second-order valence-corrected chi connectivity index (χ2v) is 4.04. The number of hydrogen-bond donors (Lipinski definition) is 0. The van der Waals surface area contributed by atoms with Crippen molar-refractivity contribution in [3.63, 3.8) is 0 Å². The first kappa shape index (κ1) is 15.2. The molecule has 0 bridgehead atoms. The van der Waals surface area contributed by atoms with Gasteiger partial charge in [-0.25, -0.2) is 0 Å². The quantitative estimate of drug-likeness (QED) is 0.316. The van der Waals surface area contributed by atoms with Crippen LogP contribution in [0.4, 0.5) is 0 Å². The molecule has 0 unspecified atom stereocenters. The van der Waals surface area contributed by atoms with E-state index < -0.39 is 0 Å². The lowest BCUT2D eigenvalue weighted by molar-refractivity contribution is -0.143. The lowest BCUT2D eigenvalue weighted by Gasteiger charge is -1.99. The predicted octanol–water partition coefficient (Wildman–Crippen LogP) is 4.25. The molecule has 2 nitrogen and oxygen atoms in total. The maximum Gasteiger partial charge on any atom is 0.305 e. The van der Waals surface area contributed by atoms with Gasteiger partial charge in [-0.15, -0.1) is 0 Å². The van der Waals surface area contributed by atoms with Crippen molar-refractivity contribution in [2.75, 3.05) is 6.61 Å². The predicted molar refractivity (Wildman–Crippen MR) is 68.4 cm³/mol. The minimum absolute atomic E-state index is 0.104. The Morgan fingerprint density at radius 2 is 1.69 bits per heavy atom. The topological polar surface area (TPSA) is 26.3 Å². The van der Waals surface area contributed by atoms with Gasteiger partial charge in [-0.1, -0.05) is 51.7 Å². The van der Waals surface area contributed by atoms with Crippen LogP contribution >= 0.6 is 0 Å². The van der Waals surface area contributed by atoms with Crippen molar-refractivity contribution in [1.82, 2.24) is 0 Å². The number of carbonyl (C=O) groups is 1. The normalized spacial score (nSPS) is 10.9. The van der Waals surface area contributed by atoms with Gasteiger partial charge in [0.2, 0.25) is 0 Å². The average molecular weight is 226 g/mol. The molecule has 0 atom stereocenters. The molecule has 0 aromatic heterocycles. The van der Waals surface area contributed by atoms with Crippen LogP contribution in [0.2, 0.25) is 0 Å². The van der Waals surface area contributed by atoms with Crippen LogP contribution in [0.5, 0.6) is 0 Å². The molecule has 0 heterocycles. The molecule has 0 aliphatic rings. The Kier molecular flexibility index (Phi) is 11.7. The van der Waals surface area contributed by atoms with E-state index in [4.69, 9.17) is 4.74 Å². The molecule has 0 aromatic rings. The first-order valence-corrected chi connectivity index (χ1v) is 6.61. The lowest BCUT2D eigenvalue weighted by atomic mass is 10.1. The number of carbonyl (C=O) groups excluding carboxylic acids is 1. The minimum atomic E-state index is -0.104. The molecule has 0 aliphatic carbocycles. The maximum atomic E-state index is 10.8. The van der Waals surface area contributed by atoms with Crippen molar-refractivity contribution in [2.45, 2.75) is 65.2 Å². The Balaban J connectivity index is 3.13. The summed E-state index contributed by atoms with van der Waals surface area (Å²) in [5.74, 6) is -0.104.